The van der Waals surface area contributed by atoms with Crippen LogP contribution in [0.5, 0.6) is 17.5 Å². The normalized spacial score (nSPS) is 13.9. The van der Waals surface area contributed by atoms with Gasteiger partial charge in [0.1, 0.15) is 29.3 Å². The highest BCUT2D eigenvalue weighted by Crippen LogP contribution is 2.45. The van der Waals surface area contributed by atoms with Gasteiger partial charge >= 0.3 is 0 Å². The number of halogens is 2. The van der Waals surface area contributed by atoms with Crippen LogP contribution in [0, 0.1) is 0 Å². The van der Waals surface area contributed by atoms with Crippen molar-refractivity contribution in [1.29, 1.82) is 0 Å². The van der Waals surface area contributed by atoms with E-state index in [1.807, 2.05) is 18.2 Å². The van der Waals surface area contributed by atoms with Gasteiger partial charge in [0.05, 0.1) is 26.1 Å². The Labute approximate surface area is 241 Å². The van der Waals surface area contributed by atoms with Crippen LogP contribution >= 0.6 is 20.8 Å². The zero-order valence-corrected chi connectivity index (χ0v) is 25.5. The Morgan fingerprint density at radius 2 is 1.90 bits per heavy atom. The molecular weight excluding hydrogens is 552 g/mol. The number of allylic oxidation sites excluding steroid dienone is 1. The molecular formula is C29H34ClFN5O3P. The number of methoxy groups -OCH3 is 2. The third-order valence-corrected chi connectivity index (χ3v) is 7.88. The smallest absolute Gasteiger partial charge is 0.261 e. The molecule has 0 bridgehead atoms. The first-order valence-corrected chi connectivity index (χ1v) is 13.7. The minimum atomic E-state index is -1.54. The molecule has 1 aromatic carbocycles. The summed E-state index contributed by atoms with van der Waals surface area (Å²) in [7, 11) is 7.58. The van der Waals surface area contributed by atoms with Crippen LogP contribution in [0.1, 0.15) is 56.4 Å². The predicted molar refractivity (Wildman–Crippen MR) is 159 cm³/mol. The van der Waals surface area contributed by atoms with Crippen LogP contribution in [0.25, 0.3) is 17.1 Å². The van der Waals surface area contributed by atoms with E-state index in [1.165, 1.54) is 27.3 Å². The first-order chi connectivity index (χ1) is 19.0. The first kappa shape index (κ1) is 29.7. The second kappa shape index (κ2) is 12.1. The van der Waals surface area contributed by atoms with E-state index >= 15 is 0 Å². The van der Waals surface area contributed by atoms with Crippen molar-refractivity contribution >= 4 is 31.8 Å². The molecule has 1 aliphatic rings. The number of hydrogen-bond donors (Lipinski definition) is 0. The Morgan fingerprint density at radius 1 is 1.18 bits per heavy atom. The first-order valence-electron chi connectivity index (χ1n) is 12.8. The number of rotatable bonds is 11. The van der Waals surface area contributed by atoms with Crippen LogP contribution < -0.4 is 19.5 Å². The third kappa shape index (κ3) is 6.37. The molecule has 1 fully saturated rings. The zero-order chi connectivity index (χ0) is 29.2. The molecule has 0 radical (unpaired) electrons. The van der Waals surface area contributed by atoms with Crippen molar-refractivity contribution < 1.29 is 18.6 Å². The molecule has 1 unspecified atom stereocenters. The molecule has 4 rings (SSSR count). The minimum Gasteiger partial charge on any atom is -0.490 e. The van der Waals surface area contributed by atoms with E-state index < -0.39 is 5.67 Å². The summed E-state index contributed by atoms with van der Waals surface area (Å²) < 4.78 is 31.5. The maximum absolute atomic E-state index is 14.4. The average molecular weight is 586 g/mol. The quantitative estimate of drug-likeness (QED) is 0.199. The van der Waals surface area contributed by atoms with Gasteiger partial charge in [-0.2, -0.15) is 4.98 Å². The van der Waals surface area contributed by atoms with Crippen LogP contribution in [0.2, 0.25) is 0 Å². The van der Waals surface area contributed by atoms with E-state index in [9.17, 15) is 4.39 Å². The van der Waals surface area contributed by atoms with Gasteiger partial charge < -0.3 is 19.1 Å². The fourth-order valence-electron chi connectivity index (χ4n) is 4.04. The van der Waals surface area contributed by atoms with Gasteiger partial charge in [-0.3, -0.25) is 0 Å². The lowest BCUT2D eigenvalue weighted by atomic mass is 10.0. The second-order valence-electron chi connectivity index (χ2n) is 10.1. The zero-order valence-electron chi connectivity index (χ0n) is 23.6. The van der Waals surface area contributed by atoms with Gasteiger partial charge in [0.15, 0.2) is 11.6 Å². The number of alkyl halides is 1. The average Bonchev–Trinajstić information content (AvgIpc) is 3.79. The van der Waals surface area contributed by atoms with E-state index in [1.54, 1.807) is 32.2 Å². The summed E-state index contributed by atoms with van der Waals surface area (Å²) in [5, 5.41) is 1.18. The van der Waals surface area contributed by atoms with Gasteiger partial charge in [0.25, 0.3) is 5.88 Å². The maximum Gasteiger partial charge on any atom is 0.261 e. The Kier molecular flexibility index (Phi) is 8.96. The second-order valence-corrected chi connectivity index (χ2v) is 11.1. The summed E-state index contributed by atoms with van der Waals surface area (Å²) in [5.74, 6) is 1.86. The Balaban J connectivity index is 1.56. The topological polar surface area (TPSA) is 82.5 Å². The van der Waals surface area contributed by atoms with Gasteiger partial charge in [-0.1, -0.05) is 30.3 Å². The molecule has 2 aromatic heterocycles. The van der Waals surface area contributed by atoms with Gasteiger partial charge in [-0.15, -0.1) is 9.24 Å². The SMILES string of the molecule is C=C(c1ccc(COc2nc(-c3c(OC)ncnc3C3CC3)ncc2OC)cc1P)N(C)/C(Cl)=C(\C)C(C)(C)F. The van der Waals surface area contributed by atoms with Crippen molar-refractivity contribution in [3.8, 4) is 28.9 Å². The fraction of sp³-hybridized carbons (Fsp3) is 0.379. The minimum absolute atomic E-state index is 0.227. The van der Waals surface area contributed by atoms with Crippen LogP contribution in [0.15, 0.2) is 48.0 Å². The molecule has 212 valence electrons. The molecule has 1 atom stereocenters. The molecule has 1 aliphatic carbocycles. The lowest BCUT2D eigenvalue weighted by Gasteiger charge is -2.27. The summed E-state index contributed by atoms with van der Waals surface area (Å²) >= 11 is 6.49. The molecule has 40 heavy (non-hydrogen) atoms. The highest BCUT2D eigenvalue weighted by molar-refractivity contribution is 7.27. The third-order valence-electron chi connectivity index (χ3n) is 6.87. The Hall–Kier alpha value is -3.29. The standard InChI is InChI=1S/C29H34ClFN5O3P/c1-16(29(3,4)31)25(30)36(5)17(2)20-11-8-18(12-22(20)40)14-39-27-21(37-6)13-32-26(35-27)23-24(19-9-10-19)33-15-34-28(23)38-7/h8,11-13,15,19H,2,9-10,14,40H2,1,3-7H3/b25-16+. The van der Waals surface area contributed by atoms with Crippen molar-refractivity contribution in [1.82, 2.24) is 24.8 Å². The maximum atomic E-state index is 14.4. The molecule has 3 aromatic rings. The molecule has 11 heteroatoms. The number of ether oxygens (including phenoxy) is 3. The lowest BCUT2D eigenvalue weighted by molar-refractivity contribution is 0.264. The monoisotopic (exact) mass is 585 g/mol. The molecule has 0 spiro atoms. The largest absolute Gasteiger partial charge is 0.490 e. The predicted octanol–water partition coefficient (Wildman–Crippen LogP) is 6.03. The van der Waals surface area contributed by atoms with Crippen molar-refractivity contribution in [3.05, 3.63) is 64.9 Å². The molecule has 1 saturated carbocycles. The van der Waals surface area contributed by atoms with E-state index in [4.69, 9.17) is 25.8 Å². The molecule has 0 amide bonds. The number of benzene rings is 1. The highest BCUT2D eigenvalue weighted by atomic mass is 35.5. The highest BCUT2D eigenvalue weighted by Gasteiger charge is 2.32. The summed E-state index contributed by atoms with van der Waals surface area (Å²) in [5.41, 5.74) is 2.80. The lowest BCUT2D eigenvalue weighted by Crippen LogP contribution is -2.22. The van der Waals surface area contributed by atoms with Gasteiger partial charge in [0, 0.05) is 24.2 Å². The van der Waals surface area contributed by atoms with Gasteiger partial charge in [-0.25, -0.2) is 19.3 Å². The Morgan fingerprint density at radius 3 is 2.50 bits per heavy atom. The number of hydrogen-bond acceptors (Lipinski definition) is 8. The van der Waals surface area contributed by atoms with E-state index in [-0.39, 0.29) is 6.61 Å². The van der Waals surface area contributed by atoms with Crippen LogP contribution in [-0.4, -0.2) is 51.8 Å². The van der Waals surface area contributed by atoms with Crippen molar-refractivity contribution in [2.75, 3.05) is 21.3 Å². The van der Waals surface area contributed by atoms with Crippen molar-refractivity contribution in [3.63, 3.8) is 0 Å². The molecule has 2 heterocycles. The molecule has 0 N–H and O–H groups in total. The number of aromatic nitrogens is 4. The summed E-state index contributed by atoms with van der Waals surface area (Å²) in [6.07, 6.45) is 5.18. The van der Waals surface area contributed by atoms with Gasteiger partial charge in [0.2, 0.25) is 5.88 Å². The summed E-state index contributed by atoms with van der Waals surface area (Å²) in [6.45, 7) is 9.03. The molecule has 8 nitrogen and oxygen atoms in total. The van der Waals surface area contributed by atoms with E-state index in [2.05, 4.69) is 35.8 Å². The summed E-state index contributed by atoms with van der Waals surface area (Å²) in [6, 6.07) is 5.83. The number of nitrogens with zero attached hydrogens (tertiary/aromatic N) is 5. The van der Waals surface area contributed by atoms with Crippen LogP contribution in [0.3, 0.4) is 0 Å². The summed E-state index contributed by atoms with van der Waals surface area (Å²) in [4.78, 5) is 19.6. The van der Waals surface area contributed by atoms with Gasteiger partial charge in [-0.05, 0) is 56.1 Å². The van der Waals surface area contributed by atoms with Crippen molar-refractivity contribution in [2.45, 2.75) is 51.8 Å². The van der Waals surface area contributed by atoms with Crippen LogP contribution in [-0.2, 0) is 6.61 Å². The fourth-order valence-corrected chi connectivity index (χ4v) is 4.85. The molecule has 0 saturated heterocycles. The van der Waals surface area contributed by atoms with E-state index in [0.29, 0.717) is 51.2 Å². The van der Waals surface area contributed by atoms with Crippen molar-refractivity contribution in [2.24, 2.45) is 0 Å². The van der Waals surface area contributed by atoms with Crippen LogP contribution in [0.4, 0.5) is 4.39 Å². The molecule has 0 aliphatic heterocycles. The van der Waals surface area contributed by atoms with E-state index in [0.717, 1.165) is 35.0 Å². The Bertz CT molecular complexity index is 1460.